The van der Waals surface area contributed by atoms with E-state index in [1.165, 1.54) is 12.0 Å². The Labute approximate surface area is 102 Å². The van der Waals surface area contributed by atoms with Crippen LogP contribution >= 0.6 is 0 Å². The molecule has 0 spiro atoms. The van der Waals surface area contributed by atoms with E-state index in [2.05, 4.69) is 29.6 Å². The Balaban J connectivity index is 1.55. The SMILES string of the molecule is c1ccc(CO[C@H]2CC[C@@H]3NCCO[C@@H]32)cc1. The normalized spacial score (nSPS) is 32.4. The number of morpholine rings is 1. The molecule has 1 N–H and O–H groups in total. The maximum absolute atomic E-state index is 5.99. The molecular weight excluding hydrogens is 214 g/mol. The molecular formula is C14H19NO2. The predicted molar refractivity (Wildman–Crippen MR) is 65.8 cm³/mol. The highest BCUT2D eigenvalue weighted by Gasteiger charge is 2.39. The fourth-order valence-electron chi connectivity index (χ4n) is 2.77. The fourth-order valence-corrected chi connectivity index (χ4v) is 2.77. The van der Waals surface area contributed by atoms with Crippen LogP contribution in [0.15, 0.2) is 30.3 Å². The molecule has 3 heteroatoms. The number of ether oxygens (including phenoxy) is 2. The van der Waals surface area contributed by atoms with Crippen LogP contribution in [0.25, 0.3) is 0 Å². The summed E-state index contributed by atoms with van der Waals surface area (Å²) in [6, 6.07) is 10.8. The van der Waals surface area contributed by atoms with Gasteiger partial charge in [0.2, 0.25) is 0 Å². The van der Waals surface area contributed by atoms with E-state index < -0.39 is 0 Å². The lowest BCUT2D eigenvalue weighted by atomic mass is 10.1. The van der Waals surface area contributed by atoms with Crippen LogP contribution in [0.1, 0.15) is 18.4 Å². The van der Waals surface area contributed by atoms with Crippen LogP contribution in [0.4, 0.5) is 0 Å². The molecule has 17 heavy (non-hydrogen) atoms. The van der Waals surface area contributed by atoms with Crippen LogP contribution < -0.4 is 5.32 Å². The van der Waals surface area contributed by atoms with Crippen molar-refractivity contribution in [2.75, 3.05) is 13.2 Å². The van der Waals surface area contributed by atoms with Gasteiger partial charge in [-0.2, -0.15) is 0 Å². The van der Waals surface area contributed by atoms with Crippen molar-refractivity contribution >= 4 is 0 Å². The molecule has 2 fully saturated rings. The van der Waals surface area contributed by atoms with Gasteiger partial charge in [-0.15, -0.1) is 0 Å². The number of hydrogen-bond acceptors (Lipinski definition) is 3. The molecule has 0 amide bonds. The molecule has 0 unspecified atom stereocenters. The fraction of sp³-hybridized carbons (Fsp3) is 0.571. The van der Waals surface area contributed by atoms with Gasteiger partial charge in [-0.05, 0) is 18.4 Å². The van der Waals surface area contributed by atoms with Gasteiger partial charge in [0.1, 0.15) is 0 Å². The second kappa shape index (κ2) is 5.17. The predicted octanol–water partition coefficient (Wildman–Crippen LogP) is 1.72. The average Bonchev–Trinajstić information content (AvgIpc) is 2.81. The zero-order chi connectivity index (χ0) is 11.5. The van der Waals surface area contributed by atoms with Crippen molar-refractivity contribution in [1.29, 1.82) is 0 Å². The van der Waals surface area contributed by atoms with E-state index >= 15 is 0 Å². The van der Waals surface area contributed by atoms with Crippen molar-refractivity contribution in [3.8, 4) is 0 Å². The van der Waals surface area contributed by atoms with Gasteiger partial charge >= 0.3 is 0 Å². The van der Waals surface area contributed by atoms with E-state index in [0.29, 0.717) is 12.6 Å². The maximum Gasteiger partial charge on any atom is 0.0989 e. The topological polar surface area (TPSA) is 30.5 Å². The number of benzene rings is 1. The minimum atomic E-state index is 0.257. The van der Waals surface area contributed by atoms with Crippen LogP contribution in [0, 0.1) is 0 Å². The number of rotatable bonds is 3. The first kappa shape index (κ1) is 11.2. The molecule has 1 aliphatic carbocycles. The Hall–Kier alpha value is -0.900. The Bertz CT molecular complexity index is 354. The second-order valence-electron chi connectivity index (χ2n) is 4.81. The van der Waals surface area contributed by atoms with Gasteiger partial charge in [0.25, 0.3) is 0 Å². The highest BCUT2D eigenvalue weighted by Crippen LogP contribution is 2.28. The largest absolute Gasteiger partial charge is 0.373 e. The van der Waals surface area contributed by atoms with E-state index in [0.717, 1.165) is 19.6 Å². The van der Waals surface area contributed by atoms with Crippen LogP contribution in [-0.4, -0.2) is 31.4 Å². The highest BCUT2D eigenvalue weighted by atomic mass is 16.5. The van der Waals surface area contributed by atoms with Gasteiger partial charge in [-0.3, -0.25) is 0 Å². The minimum absolute atomic E-state index is 0.257. The van der Waals surface area contributed by atoms with Crippen molar-refractivity contribution in [3.63, 3.8) is 0 Å². The number of hydrogen-bond donors (Lipinski definition) is 1. The second-order valence-corrected chi connectivity index (χ2v) is 4.81. The van der Waals surface area contributed by atoms with Crippen LogP contribution in [0.3, 0.4) is 0 Å². The summed E-state index contributed by atoms with van der Waals surface area (Å²) >= 11 is 0. The third kappa shape index (κ3) is 2.51. The summed E-state index contributed by atoms with van der Waals surface area (Å²) in [7, 11) is 0. The molecule has 1 saturated carbocycles. The minimum Gasteiger partial charge on any atom is -0.373 e. The van der Waals surface area contributed by atoms with Gasteiger partial charge in [-0.25, -0.2) is 0 Å². The lowest BCUT2D eigenvalue weighted by Gasteiger charge is -2.30. The van der Waals surface area contributed by atoms with Crippen molar-refractivity contribution in [2.24, 2.45) is 0 Å². The molecule has 1 aliphatic heterocycles. The summed E-state index contributed by atoms with van der Waals surface area (Å²) in [5.74, 6) is 0. The molecule has 92 valence electrons. The quantitative estimate of drug-likeness (QED) is 0.862. The molecule has 3 nitrogen and oxygen atoms in total. The van der Waals surface area contributed by atoms with E-state index in [9.17, 15) is 0 Å². The molecule has 2 aliphatic rings. The zero-order valence-corrected chi connectivity index (χ0v) is 9.97. The van der Waals surface area contributed by atoms with E-state index in [1.54, 1.807) is 0 Å². The molecule has 0 radical (unpaired) electrons. The van der Waals surface area contributed by atoms with E-state index in [-0.39, 0.29) is 12.2 Å². The first-order valence-corrected chi connectivity index (χ1v) is 6.44. The Kier molecular flexibility index (Phi) is 3.41. The third-order valence-corrected chi connectivity index (χ3v) is 3.65. The number of nitrogens with one attached hydrogen (secondary N) is 1. The molecule has 1 aromatic carbocycles. The standard InChI is InChI=1S/C14H19NO2/c1-2-4-11(5-3-1)10-17-13-7-6-12-14(13)16-9-8-15-12/h1-5,12-15H,6-10H2/t12-,13-,14-/m0/s1. The monoisotopic (exact) mass is 233 g/mol. The molecule has 0 aromatic heterocycles. The van der Waals surface area contributed by atoms with Gasteiger partial charge in [-0.1, -0.05) is 30.3 Å². The van der Waals surface area contributed by atoms with E-state index in [4.69, 9.17) is 9.47 Å². The lowest BCUT2D eigenvalue weighted by Crippen LogP contribution is -2.48. The Morgan fingerprint density at radius 3 is 3.00 bits per heavy atom. The summed E-state index contributed by atoms with van der Waals surface area (Å²) in [5, 5.41) is 3.50. The average molecular weight is 233 g/mol. The van der Waals surface area contributed by atoms with Crippen molar-refractivity contribution < 1.29 is 9.47 Å². The van der Waals surface area contributed by atoms with Crippen LogP contribution in [0.5, 0.6) is 0 Å². The van der Waals surface area contributed by atoms with Crippen LogP contribution in [-0.2, 0) is 16.1 Å². The molecule has 1 saturated heterocycles. The summed E-state index contributed by atoms with van der Waals surface area (Å²) in [4.78, 5) is 0. The molecule has 1 heterocycles. The van der Waals surface area contributed by atoms with Crippen molar-refractivity contribution in [2.45, 2.75) is 37.7 Å². The van der Waals surface area contributed by atoms with Crippen LogP contribution in [0.2, 0.25) is 0 Å². The van der Waals surface area contributed by atoms with Gasteiger partial charge in [0.15, 0.2) is 0 Å². The zero-order valence-electron chi connectivity index (χ0n) is 9.97. The first-order valence-electron chi connectivity index (χ1n) is 6.44. The van der Waals surface area contributed by atoms with Crippen molar-refractivity contribution in [1.82, 2.24) is 5.32 Å². The third-order valence-electron chi connectivity index (χ3n) is 3.65. The molecule has 1 aromatic rings. The smallest absolute Gasteiger partial charge is 0.0989 e. The molecule has 3 atom stereocenters. The van der Waals surface area contributed by atoms with E-state index in [1.807, 2.05) is 6.07 Å². The molecule has 0 bridgehead atoms. The van der Waals surface area contributed by atoms with Gasteiger partial charge in [0.05, 0.1) is 25.4 Å². The lowest BCUT2D eigenvalue weighted by molar-refractivity contribution is -0.0835. The summed E-state index contributed by atoms with van der Waals surface area (Å²) in [5.41, 5.74) is 1.24. The molecule has 3 rings (SSSR count). The Morgan fingerprint density at radius 1 is 1.24 bits per heavy atom. The maximum atomic E-state index is 5.99. The number of fused-ring (bicyclic) bond motifs is 1. The van der Waals surface area contributed by atoms with Gasteiger partial charge in [0, 0.05) is 12.6 Å². The summed E-state index contributed by atoms with van der Waals surface area (Å²) in [6.07, 6.45) is 2.79. The highest BCUT2D eigenvalue weighted by molar-refractivity contribution is 5.13. The van der Waals surface area contributed by atoms with Crippen molar-refractivity contribution in [3.05, 3.63) is 35.9 Å². The van der Waals surface area contributed by atoms with Gasteiger partial charge < -0.3 is 14.8 Å². The summed E-state index contributed by atoms with van der Waals surface area (Å²) < 4.78 is 11.8. The first-order chi connectivity index (χ1) is 8.43. The Morgan fingerprint density at radius 2 is 2.12 bits per heavy atom. The summed E-state index contributed by atoms with van der Waals surface area (Å²) in [6.45, 7) is 2.48.